The lowest BCUT2D eigenvalue weighted by Gasteiger charge is -2.30. The number of esters is 1. The molecule has 0 fully saturated rings. The van der Waals surface area contributed by atoms with Crippen molar-refractivity contribution >= 4 is 23.6 Å². The Morgan fingerprint density at radius 2 is 1.68 bits per heavy atom. The van der Waals surface area contributed by atoms with E-state index >= 15 is 0 Å². The maximum atomic E-state index is 12.9. The predicted octanol–water partition coefficient (Wildman–Crippen LogP) is 5.88. The summed E-state index contributed by atoms with van der Waals surface area (Å²) in [6, 6.07) is 13.4. The molecule has 1 atom stereocenters. The van der Waals surface area contributed by atoms with Crippen LogP contribution in [0.15, 0.2) is 59.8 Å². The quantitative estimate of drug-likeness (QED) is 0.500. The van der Waals surface area contributed by atoms with Crippen LogP contribution in [0.1, 0.15) is 51.6 Å². The van der Waals surface area contributed by atoms with Gasteiger partial charge in [-0.2, -0.15) is 0 Å². The van der Waals surface area contributed by atoms with E-state index in [0.29, 0.717) is 34.2 Å². The van der Waals surface area contributed by atoms with Crippen molar-refractivity contribution in [2.75, 3.05) is 0 Å². The molecule has 2 aromatic rings. The van der Waals surface area contributed by atoms with E-state index in [1.165, 1.54) is 0 Å². The minimum Gasteiger partial charge on any atom is -0.459 e. The lowest BCUT2D eigenvalue weighted by atomic mass is 9.93. The fraction of sp³-hybridized carbons (Fsp3) is 0.333. The van der Waals surface area contributed by atoms with Gasteiger partial charge in [0.2, 0.25) is 0 Å². The first-order valence-corrected chi connectivity index (χ1v) is 10.8. The molecule has 2 amide bonds. The van der Waals surface area contributed by atoms with Crippen molar-refractivity contribution < 1.29 is 19.1 Å². The fourth-order valence-electron chi connectivity index (χ4n) is 3.30. The van der Waals surface area contributed by atoms with Gasteiger partial charge >= 0.3 is 12.0 Å². The molecular weight excluding hydrogens is 416 g/mol. The first-order valence-electron chi connectivity index (χ1n) is 10.4. The summed E-state index contributed by atoms with van der Waals surface area (Å²) in [5.74, 6) is 0.864. The predicted molar refractivity (Wildman–Crippen MR) is 120 cm³/mol. The molecule has 0 aliphatic carbocycles. The summed E-state index contributed by atoms with van der Waals surface area (Å²) >= 11 is 5.91. The number of halogens is 1. The minimum absolute atomic E-state index is 0.263. The average Bonchev–Trinajstić information content (AvgIpc) is 2.73. The summed E-state index contributed by atoms with van der Waals surface area (Å²) in [4.78, 5) is 25.2. The number of ether oxygens (including phenoxy) is 2. The number of benzene rings is 2. The number of nitrogens with one attached hydrogen (secondary N) is 2. The zero-order valence-corrected chi connectivity index (χ0v) is 18.7. The van der Waals surface area contributed by atoms with Crippen LogP contribution in [-0.4, -0.2) is 18.1 Å². The van der Waals surface area contributed by atoms with Crippen LogP contribution in [0.2, 0.25) is 5.02 Å². The maximum absolute atomic E-state index is 12.9. The SMILES string of the molecule is CCCCC1=C(C(=O)OC(C)C)C(c2ccc(Oc3ccc(Cl)cc3)cc2)NC(=O)N1. The Bertz CT molecular complexity index is 953. The first kappa shape index (κ1) is 22.7. The van der Waals surface area contributed by atoms with Crippen molar-refractivity contribution in [3.8, 4) is 11.5 Å². The molecule has 164 valence electrons. The van der Waals surface area contributed by atoms with Crippen molar-refractivity contribution in [2.45, 2.75) is 52.2 Å². The molecule has 1 heterocycles. The summed E-state index contributed by atoms with van der Waals surface area (Å²) in [5, 5.41) is 6.29. The number of carbonyl (C=O) groups excluding carboxylic acids is 2. The number of hydrogen-bond donors (Lipinski definition) is 2. The Labute approximate surface area is 187 Å². The summed E-state index contributed by atoms with van der Waals surface area (Å²) in [6.07, 6.45) is 2.14. The van der Waals surface area contributed by atoms with E-state index in [9.17, 15) is 9.59 Å². The van der Waals surface area contributed by atoms with E-state index in [0.717, 1.165) is 18.4 Å². The van der Waals surface area contributed by atoms with Gasteiger partial charge in [0.1, 0.15) is 11.5 Å². The van der Waals surface area contributed by atoms with Gasteiger partial charge in [-0.1, -0.05) is 37.1 Å². The summed E-state index contributed by atoms with van der Waals surface area (Å²) in [5.41, 5.74) is 1.82. The molecule has 6 nitrogen and oxygen atoms in total. The lowest BCUT2D eigenvalue weighted by Crippen LogP contribution is -2.46. The Kier molecular flexibility index (Phi) is 7.58. The van der Waals surface area contributed by atoms with Crippen LogP contribution in [0, 0.1) is 0 Å². The average molecular weight is 443 g/mol. The summed E-state index contributed by atoms with van der Waals surface area (Å²) in [6.45, 7) is 5.67. The van der Waals surface area contributed by atoms with Crippen molar-refractivity contribution in [1.82, 2.24) is 10.6 Å². The molecule has 0 aromatic heterocycles. The number of hydrogen-bond acceptors (Lipinski definition) is 4. The van der Waals surface area contributed by atoms with Crippen molar-refractivity contribution in [3.63, 3.8) is 0 Å². The second-order valence-electron chi connectivity index (χ2n) is 7.61. The number of urea groups is 1. The van der Waals surface area contributed by atoms with Crippen LogP contribution in [0.5, 0.6) is 11.5 Å². The standard InChI is InChI=1S/C24H27ClN2O4/c1-4-5-6-20-21(23(28)30-15(2)3)22(27-24(29)26-20)16-7-11-18(12-8-16)31-19-13-9-17(25)10-14-19/h7-15,22H,4-6H2,1-3H3,(H2,26,27,29). The summed E-state index contributed by atoms with van der Waals surface area (Å²) < 4.78 is 11.3. The number of unbranched alkanes of at least 4 members (excludes halogenated alkanes) is 1. The highest BCUT2D eigenvalue weighted by atomic mass is 35.5. The molecule has 7 heteroatoms. The van der Waals surface area contributed by atoms with E-state index in [4.69, 9.17) is 21.1 Å². The zero-order valence-electron chi connectivity index (χ0n) is 17.9. The Hall–Kier alpha value is -2.99. The van der Waals surface area contributed by atoms with Gasteiger partial charge in [0.05, 0.1) is 17.7 Å². The van der Waals surface area contributed by atoms with E-state index in [1.54, 1.807) is 50.2 Å². The van der Waals surface area contributed by atoms with E-state index < -0.39 is 12.0 Å². The molecule has 0 bridgehead atoms. The largest absolute Gasteiger partial charge is 0.459 e. The molecule has 2 aromatic carbocycles. The zero-order chi connectivity index (χ0) is 22.4. The molecular formula is C24H27ClN2O4. The van der Waals surface area contributed by atoms with E-state index in [-0.39, 0.29) is 12.1 Å². The molecule has 31 heavy (non-hydrogen) atoms. The molecule has 0 spiro atoms. The molecule has 3 rings (SSSR count). The molecule has 1 aliphatic rings. The van der Waals surface area contributed by atoms with E-state index in [2.05, 4.69) is 17.6 Å². The lowest BCUT2D eigenvalue weighted by molar-refractivity contribution is -0.143. The van der Waals surface area contributed by atoms with Gasteiger partial charge in [0, 0.05) is 10.7 Å². The van der Waals surface area contributed by atoms with E-state index in [1.807, 2.05) is 12.1 Å². The Balaban J connectivity index is 1.88. The number of carbonyl (C=O) groups is 2. The van der Waals surface area contributed by atoms with Crippen LogP contribution in [0.25, 0.3) is 0 Å². The van der Waals surface area contributed by atoms with Crippen LogP contribution in [-0.2, 0) is 9.53 Å². The Morgan fingerprint density at radius 3 is 2.26 bits per heavy atom. The number of allylic oxidation sites excluding steroid dienone is 1. The second kappa shape index (κ2) is 10.4. The molecule has 0 saturated heterocycles. The highest BCUT2D eigenvalue weighted by molar-refractivity contribution is 6.30. The highest BCUT2D eigenvalue weighted by Crippen LogP contribution is 2.32. The topological polar surface area (TPSA) is 76.7 Å². The van der Waals surface area contributed by atoms with Gasteiger partial charge < -0.3 is 20.1 Å². The normalized spacial score (nSPS) is 16.0. The van der Waals surface area contributed by atoms with Gasteiger partial charge in [0.15, 0.2) is 0 Å². The van der Waals surface area contributed by atoms with Gasteiger partial charge in [-0.15, -0.1) is 0 Å². The fourth-order valence-corrected chi connectivity index (χ4v) is 3.43. The van der Waals surface area contributed by atoms with Crippen LogP contribution in [0.3, 0.4) is 0 Å². The molecule has 1 unspecified atom stereocenters. The molecule has 2 N–H and O–H groups in total. The maximum Gasteiger partial charge on any atom is 0.338 e. The second-order valence-corrected chi connectivity index (χ2v) is 8.04. The smallest absolute Gasteiger partial charge is 0.338 e. The molecule has 1 aliphatic heterocycles. The third-order valence-corrected chi connectivity index (χ3v) is 5.01. The van der Waals surface area contributed by atoms with Crippen molar-refractivity contribution in [1.29, 1.82) is 0 Å². The van der Waals surface area contributed by atoms with Crippen molar-refractivity contribution in [3.05, 3.63) is 70.4 Å². The number of rotatable bonds is 8. The van der Waals surface area contributed by atoms with Crippen molar-refractivity contribution in [2.24, 2.45) is 0 Å². The minimum atomic E-state index is -0.601. The van der Waals surface area contributed by atoms with Gasteiger partial charge in [0.25, 0.3) is 0 Å². The Morgan fingerprint density at radius 1 is 1.06 bits per heavy atom. The van der Waals surface area contributed by atoms with Crippen LogP contribution >= 0.6 is 11.6 Å². The molecule has 0 saturated carbocycles. The highest BCUT2D eigenvalue weighted by Gasteiger charge is 2.33. The van der Waals surface area contributed by atoms with Gasteiger partial charge in [-0.05, 0) is 68.7 Å². The van der Waals surface area contributed by atoms with Crippen LogP contribution in [0.4, 0.5) is 4.79 Å². The van der Waals surface area contributed by atoms with Crippen LogP contribution < -0.4 is 15.4 Å². The third kappa shape index (κ3) is 6.01. The van der Waals surface area contributed by atoms with Gasteiger partial charge in [-0.25, -0.2) is 9.59 Å². The first-order chi connectivity index (χ1) is 14.9. The monoisotopic (exact) mass is 442 g/mol. The summed E-state index contributed by atoms with van der Waals surface area (Å²) in [7, 11) is 0. The third-order valence-electron chi connectivity index (χ3n) is 4.76. The number of amides is 2. The molecule has 0 radical (unpaired) electrons. The van der Waals surface area contributed by atoms with Gasteiger partial charge in [-0.3, -0.25) is 0 Å².